The van der Waals surface area contributed by atoms with Gasteiger partial charge in [-0.2, -0.15) is 0 Å². The van der Waals surface area contributed by atoms with Crippen LogP contribution in [0.2, 0.25) is 0 Å². The summed E-state index contributed by atoms with van der Waals surface area (Å²) in [5, 5.41) is 0. The summed E-state index contributed by atoms with van der Waals surface area (Å²) in [4.78, 5) is 26.3. The van der Waals surface area contributed by atoms with Crippen molar-refractivity contribution in [1.82, 2.24) is 4.90 Å². The third-order valence-corrected chi connectivity index (χ3v) is 3.59. The van der Waals surface area contributed by atoms with E-state index in [2.05, 4.69) is 0 Å². The van der Waals surface area contributed by atoms with E-state index in [1.165, 1.54) is 9.80 Å². The molecular formula is C15H19F2N3O3. The van der Waals surface area contributed by atoms with Gasteiger partial charge in [0.2, 0.25) is 5.91 Å². The Kier molecular flexibility index (Phi) is 5.36. The second kappa shape index (κ2) is 7.26. The first-order valence-corrected chi connectivity index (χ1v) is 7.35. The van der Waals surface area contributed by atoms with E-state index in [0.717, 1.165) is 12.1 Å². The first kappa shape index (κ1) is 17.0. The lowest BCUT2D eigenvalue weighted by Gasteiger charge is -2.36. The number of hydrogen-bond donors (Lipinski definition) is 1. The Bertz CT molecular complexity index is 579. The van der Waals surface area contributed by atoms with Crippen molar-refractivity contribution in [3.63, 3.8) is 0 Å². The number of esters is 1. The number of rotatable bonds is 4. The monoisotopic (exact) mass is 327 g/mol. The Labute approximate surface area is 132 Å². The minimum Gasteiger partial charge on any atom is -0.466 e. The third kappa shape index (κ3) is 4.08. The van der Waals surface area contributed by atoms with Crippen molar-refractivity contribution in [3.8, 4) is 0 Å². The first-order valence-electron chi connectivity index (χ1n) is 7.35. The van der Waals surface area contributed by atoms with Gasteiger partial charge < -0.3 is 20.3 Å². The lowest BCUT2D eigenvalue weighted by molar-refractivity contribution is -0.148. The summed E-state index contributed by atoms with van der Waals surface area (Å²) in [6, 6.07) is 2.13. The quantitative estimate of drug-likeness (QED) is 0.510. The number of piperazine rings is 1. The molecule has 0 aliphatic carbocycles. The predicted octanol–water partition coefficient (Wildman–Crippen LogP) is 1.15. The van der Waals surface area contributed by atoms with Crippen LogP contribution in [0.1, 0.15) is 13.3 Å². The lowest BCUT2D eigenvalue weighted by Crippen LogP contribution is -2.49. The summed E-state index contributed by atoms with van der Waals surface area (Å²) in [5.74, 6) is -2.38. The molecule has 126 valence electrons. The van der Waals surface area contributed by atoms with E-state index < -0.39 is 17.6 Å². The highest BCUT2D eigenvalue weighted by Crippen LogP contribution is 2.27. The van der Waals surface area contributed by atoms with Crippen molar-refractivity contribution < 1.29 is 23.1 Å². The second-order valence-electron chi connectivity index (χ2n) is 5.18. The number of ether oxygens (including phenoxy) is 1. The van der Waals surface area contributed by atoms with Crippen LogP contribution < -0.4 is 10.6 Å². The van der Waals surface area contributed by atoms with E-state index in [4.69, 9.17) is 10.5 Å². The van der Waals surface area contributed by atoms with Gasteiger partial charge in [0, 0.05) is 31.9 Å². The van der Waals surface area contributed by atoms with Crippen LogP contribution in [0.4, 0.5) is 20.2 Å². The molecule has 0 radical (unpaired) electrons. The number of carbonyl (C=O) groups is 2. The standard InChI is InChI=1S/C15H19F2N3O3/c1-2-23-14(22)9-13(21)19-3-5-20(6-4-19)15-11(16)7-10(18)8-12(15)17/h7-8H,2-6,9,18H2,1H3. The molecule has 1 amide bonds. The molecule has 2 rings (SSSR count). The van der Waals surface area contributed by atoms with Gasteiger partial charge in [0.05, 0.1) is 6.61 Å². The van der Waals surface area contributed by atoms with E-state index in [0.29, 0.717) is 0 Å². The number of halogens is 2. The smallest absolute Gasteiger partial charge is 0.315 e. The van der Waals surface area contributed by atoms with Gasteiger partial charge in [0.25, 0.3) is 0 Å². The van der Waals surface area contributed by atoms with Gasteiger partial charge in [-0.15, -0.1) is 0 Å². The fraction of sp³-hybridized carbons (Fsp3) is 0.467. The maximum Gasteiger partial charge on any atom is 0.315 e. The fourth-order valence-corrected chi connectivity index (χ4v) is 2.51. The van der Waals surface area contributed by atoms with Crippen LogP contribution in [-0.4, -0.2) is 49.6 Å². The van der Waals surface area contributed by atoms with Gasteiger partial charge in [0.15, 0.2) is 11.6 Å². The maximum absolute atomic E-state index is 13.9. The molecule has 1 saturated heterocycles. The van der Waals surface area contributed by atoms with Crippen molar-refractivity contribution in [3.05, 3.63) is 23.8 Å². The molecule has 1 aliphatic heterocycles. The molecule has 1 aliphatic rings. The molecule has 0 atom stereocenters. The first-order chi connectivity index (χ1) is 10.9. The van der Waals surface area contributed by atoms with Gasteiger partial charge in [0.1, 0.15) is 12.1 Å². The molecule has 6 nitrogen and oxygen atoms in total. The van der Waals surface area contributed by atoms with Gasteiger partial charge in [-0.1, -0.05) is 0 Å². The van der Waals surface area contributed by atoms with Crippen LogP contribution >= 0.6 is 0 Å². The molecule has 0 bridgehead atoms. The molecule has 1 heterocycles. The lowest BCUT2D eigenvalue weighted by atomic mass is 10.2. The van der Waals surface area contributed by atoms with Crippen molar-refractivity contribution in [2.45, 2.75) is 13.3 Å². The molecule has 0 saturated carbocycles. The highest BCUT2D eigenvalue weighted by molar-refractivity contribution is 5.94. The Morgan fingerprint density at radius 2 is 1.74 bits per heavy atom. The van der Waals surface area contributed by atoms with Gasteiger partial charge >= 0.3 is 5.97 Å². The Balaban J connectivity index is 1.96. The molecule has 23 heavy (non-hydrogen) atoms. The van der Waals surface area contributed by atoms with Gasteiger partial charge in [-0.3, -0.25) is 9.59 Å². The Morgan fingerprint density at radius 3 is 2.26 bits per heavy atom. The molecule has 0 aromatic heterocycles. The number of hydrogen-bond acceptors (Lipinski definition) is 5. The number of nitrogens with two attached hydrogens (primary N) is 1. The fourth-order valence-electron chi connectivity index (χ4n) is 2.51. The zero-order chi connectivity index (χ0) is 17.0. The Hall–Kier alpha value is -2.38. The molecule has 0 spiro atoms. The summed E-state index contributed by atoms with van der Waals surface area (Å²) in [6.07, 6.45) is -0.321. The van der Waals surface area contributed by atoms with Crippen LogP contribution in [0.3, 0.4) is 0 Å². The van der Waals surface area contributed by atoms with E-state index in [-0.39, 0.29) is 56.5 Å². The normalized spacial score (nSPS) is 14.7. The molecule has 1 aromatic carbocycles. The summed E-state index contributed by atoms with van der Waals surface area (Å²) in [7, 11) is 0. The SMILES string of the molecule is CCOC(=O)CC(=O)N1CCN(c2c(F)cc(N)cc2F)CC1. The van der Waals surface area contributed by atoms with E-state index in [9.17, 15) is 18.4 Å². The number of anilines is 2. The molecule has 2 N–H and O–H groups in total. The number of nitrogen functional groups attached to an aromatic ring is 1. The zero-order valence-corrected chi connectivity index (χ0v) is 12.8. The molecule has 1 aromatic rings. The van der Waals surface area contributed by atoms with Crippen LogP contribution in [0.15, 0.2) is 12.1 Å². The minimum absolute atomic E-state index is 0.0204. The van der Waals surface area contributed by atoms with Gasteiger partial charge in [-0.05, 0) is 19.1 Å². The molecule has 8 heteroatoms. The molecular weight excluding hydrogens is 308 g/mol. The van der Waals surface area contributed by atoms with Crippen LogP contribution in [0.25, 0.3) is 0 Å². The van der Waals surface area contributed by atoms with Gasteiger partial charge in [-0.25, -0.2) is 8.78 Å². The second-order valence-corrected chi connectivity index (χ2v) is 5.18. The molecule has 0 unspecified atom stereocenters. The zero-order valence-electron chi connectivity index (χ0n) is 12.8. The number of amides is 1. The van der Waals surface area contributed by atoms with E-state index in [1.807, 2.05) is 0 Å². The van der Waals surface area contributed by atoms with Crippen molar-refractivity contribution in [2.24, 2.45) is 0 Å². The predicted molar refractivity (Wildman–Crippen MR) is 80.8 cm³/mol. The highest BCUT2D eigenvalue weighted by atomic mass is 19.1. The summed E-state index contributed by atoms with van der Waals surface area (Å²) < 4.78 is 32.5. The van der Waals surface area contributed by atoms with Crippen molar-refractivity contribution in [1.29, 1.82) is 0 Å². The summed E-state index contributed by atoms with van der Waals surface area (Å²) in [5.41, 5.74) is 5.27. The molecule has 1 fully saturated rings. The maximum atomic E-state index is 13.9. The van der Waals surface area contributed by atoms with Crippen LogP contribution in [-0.2, 0) is 14.3 Å². The largest absolute Gasteiger partial charge is 0.466 e. The van der Waals surface area contributed by atoms with Crippen molar-refractivity contribution in [2.75, 3.05) is 43.4 Å². The average molecular weight is 327 g/mol. The number of nitrogens with zero attached hydrogens (tertiary/aromatic N) is 2. The van der Waals surface area contributed by atoms with E-state index in [1.54, 1.807) is 6.92 Å². The summed E-state index contributed by atoms with van der Waals surface area (Å²) in [6.45, 7) is 2.98. The minimum atomic E-state index is -0.728. The number of carbonyl (C=O) groups excluding carboxylic acids is 2. The van der Waals surface area contributed by atoms with Crippen LogP contribution in [0.5, 0.6) is 0 Å². The number of benzene rings is 1. The topological polar surface area (TPSA) is 75.9 Å². The highest BCUT2D eigenvalue weighted by Gasteiger charge is 2.26. The van der Waals surface area contributed by atoms with E-state index >= 15 is 0 Å². The summed E-state index contributed by atoms with van der Waals surface area (Å²) >= 11 is 0. The Morgan fingerprint density at radius 1 is 1.17 bits per heavy atom. The van der Waals surface area contributed by atoms with Crippen molar-refractivity contribution >= 4 is 23.3 Å². The van der Waals surface area contributed by atoms with Crippen LogP contribution in [0, 0.1) is 11.6 Å². The average Bonchev–Trinajstić information content (AvgIpc) is 2.47. The third-order valence-electron chi connectivity index (χ3n) is 3.59.